The summed E-state index contributed by atoms with van der Waals surface area (Å²) in [5, 5.41) is 11.0. The van der Waals surface area contributed by atoms with Gasteiger partial charge in [-0.15, -0.1) is 0 Å². The zero-order valence-corrected chi connectivity index (χ0v) is 10.9. The van der Waals surface area contributed by atoms with Gasteiger partial charge in [-0.05, 0) is 38.3 Å². The van der Waals surface area contributed by atoms with Crippen molar-refractivity contribution in [1.29, 1.82) is 0 Å². The predicted octanol–water partition coefficient (Wildman–Crippen LogP) is 2.45. The van der Waals surface area contributed by atoms with Crippen LogP contribution in [0.1, 0.15) is 30.9 Å². The van der Waals surface area contributed by atoms with E-state index in [1.165, 1.54) is 0 Å². The standard InChI is InChI=1S/C13H20N2O3/c1-3-10-9-13(18-2)11(6-4-5-7-14)8-12(10)15(16)17/h8-9H,3-7,14H2,1-2H3. The van der Waals surface area contributed by atoms with Crippen LogP contribution in [0.2, 0.25) is 0 Å². The van der Waals surface area contributed by atoms with Crippen LogP contribution in [-0.4, -0.2) is 18.6 Å². The average molecular weight is 252 g/mol. The summed E-state index contributed by atoms with van der Waals surface area (Å²) in [5.41, 5.74) is 7.22. The zero-order chi connectivity index (χ0) is 13.5. The molecule has 5 nitrogen and oxygen atoms in total. The van der Waals surface area contributed by atoms with Gasteiger partial charge in [-0.1, -0.05) is 6.92 Å². The third-order valence-corrected chi connectivity index (χ3v) is 2.96. The molecule has 1 aromatic carbocycles. The number of methoxy groups -OCH3 is 1. The highest BCUT2D eigenvalue weighted by molar-refractivity contribution is 5.50. The van der Waals surface area contributed by atoms with E-state index in [2.05, 4.69) is 0 Å². The average Bonchev–Trinajstić information content (AvgIpc) is 2.38. The molecule has 0 saturated heterocycles. The topological polar surface area (TPSA) is 78.4 Å². The number of hydrogen-bond donors (Lipinski definition) is 1. The lowest BCUT2D eigenvalue weighted by molar-refractivity contribution is -0.385. The van der Waals surface area contributed by atoms with Crippen molar-refractivity contribution in [1.82, 2.24) is 0 Å². The summed E-state index contributed by atoms with van der Waals surface area (Å²) in [6.45, 7) is 2.54. The molecular weight excluding hydrogens is 232 g/mol. The summed E-state index contributed by atoms with van der Waals surface area (Å²) in [5.74, 6) is 0.731. The molecule has 0 aromatic heterocycles. The molecule has 0 amide bonds. The van der Waals surface area contributed by atoms with Gasteiger partial charge in [0.2, 0.25) is 0 Å². The van der Waals surface area contributed by atoms with Crippen LogP contribution in [0.3, 0.4) is 0 Å². The zero-order valence-electron chi connectivity index (χ0n) is 10.9. The molecule has 100 valence electrons. The lowest BCUT2D eigenvalue weighted by Gasteiger charge is -2.10. The van der Waals surface area contributed by atoms with Gasteiger partial charge in [0.05, 0.1) is 12.0 Å². The fourth-order valence-electron chi connectivity index (χ4n) is 1.95. The van der Waals surface area contributed by atoms with Gasteiger partial charge in [-0.3, -0.25) is 10.1 Å². The minimum atomic E-state index is -0.329. The smallest absolute Gasteiger partial charge is 0.273 e. The molecule has 5 heteroatoms. The van der Waals surface area contributed by atoms with Gasteiger partial charge >= 0.3 is 0 Å². The Hall–Kier alpha value is -1.62. The third-order valence-electron chi connectivity index (χ3n) is 2.96. The Labute approximate surface area is 107 Å². The highest BCUT2D eigenvalue weighted by Crippen LogP contribution is 2.30. The molecule has 0 fully saturated rings. The Morgan fingerprint density at radius 1 is 1.33 bits per heavy atom. The number of aryl methyl sites for hydroxylation is 2. The van der Waals surface area contributed by atoms with Crippen molar-refractivity contribution in [2.45, 2.75) is 32.6 Å². The fourth-order valence-corrected chi connectivity index (χ4v) is 1.95. The van der Waals surface area contributed by atoms with Gasteiger partial charge in [0.25, 0.3) is 5.69 Å². The monoisotopic (exact) mass is 252 g/mol. The van der Waals surface area contributed by atoms with Gasteiger partial charge in [-0.2, -0.15) is 0 Å². The van der Waals surface area contributed by atoms with Crippen LogP contribution in [0.5, 0.6) is 5.75 Å². The van der Waals surface area contributed by atoms with Crippen LogP contribution >= 0.6 is 0 Å². The van der Waals surface area contributed by atoms with Crippen LogP contribution in [0, 0.1) is 10.1 Å². The predicted molar refractivity (Wildman–Crippen MR) is 71.0 cm³/mol. The van der Waals surface area contributed by atoms with E-state index in [1.807, 2.05) is 6.92 Å². The van der Waals surface area contributed by atoms with Crippen LogP contribution in [-0.2, 0) is 12.8 Å². The second-order valence-corrected chi connectivity index (χ2v) is 4.15. The second kappa shape index (κ2) is 6.96. The summed E-state index contributed by atoms with van der Waals surface area (Å²) < 4.78 is 5.30. The van der Waals surface area contributed by atoms with Crippen molar-refractivity contribution in [3.05, 3.63) is 33.4 Å². The van der Waals surface area contributed by atoms with E-state index in [1.54, 1.807) is 19.2 Å². The number of nitrogens with two attached hydrogens (primary N) is 1. The Morgan fingerprint density at radius 2 is 2.06 bits per heavy atom. The molecule has 0 atom stereocenters. The van der Waals surface area contributed by atoms with E-state index >= 15 is 0 Å². The number of nitro groups is 1. The molecule has 0 aliphatic carbocycles. The number of hydrogen-bond acceptors (Lipinski definition) is 4. The van der Waals surface area contributed by atoms with E-state index in [9.17, 15) is 10.1 Å². The minimum Gasteiger partial charge on any atom is -0.496 e. The molecule has 1 aromatic rings. The molecule has 0 bridgehead atoms. The number of nitrogens with zero attached hydrogens (tertiary/aromatic N) is 1. The number of benzene rings is 1. The summed E-state index contributed by atoms with van der Waals surface area (Å²) in [4.78, 5) is 10.7. The molecule has 0 aliphatic heterocycles. The summed E-state index contributed by atoms with van der Waals surface area (Å²) >= 11 is 0. The van der Waals surface area contributed by atoms with Gasteiger partial charge in [0.1, 0.15) is 5.75 Å². The summed E-state index contributed by atoms with van der Waals surface area (Å²) in [7, 11) is 1.59. The normalized spacial score (nSPS) is 10.4. The first-order valence-electron chi connectivity index (χ1n) is 6.18. The first-order valence-corrected chi connectivity index (χ1v) is 6.18. The van der Waals surface area contributed by atoms with E-state index in [4.69, 9.17) is 10.5 Å². The molecule has 1 rings (SSSR count). The molecule has 0 saturated carbocycles. The maximum absolute atomic E-state index is 11.0. The van der Waals surface area contributed by atoms with Crippen molar-refractivity contribution in [3.63, 3.8) is 0 Å². The third kappa shape index (κ3) is 3.43. The molecular formula is C13H20N2O3. The van der Waals surface area contributed by atoms with Crippen LogP contribution in [0.4, 0.5) is 5.69 Å². The van der Waals surface area contributed by atoms with E-state index in [0.717, 1.165) is 30.6 Å². The lowest BCUT2D eigenvalue weighted by atomic mass is 10.0. The quantitative estimate of drug-likeness (QED) is 0.459. The first kappa shape index (κ1) is 14.4. The van der Waals surface area contributed by atoms with Crippen molar-refractivity contribution < 1.29 is 9.66 Å². The molecule has 0 aliphatic rings. The van der Waals surface area contributed by atoms with Gasteiger partial charge < -0.3 is 10.5 Å². The Balaban J connectivity index is 3.07. The minimum absolute atomic E-state index is 0.182. The van der Waals surface area contributed by atoms with Crippen molar-refractivity contribution in [2.24, 2.45) is 5.73 Å². The number of rotatable bonds is 7. The highest BCUT2D eigenvalue weighted by Gasteiger charge is 2.17. The maximum atomic E-state index is 11.0. The summed E-state index contributed by atoms with van der Waals surface area (Å²) in [6, 6.07) is 3.41. The summed E-state index contributed by atoms with van der Waals surface area (Å²) in [6.07, 6.45) is 3.20. The first-order chi connectivity index (χ1) is 8.63. The number of nitro benzene ring substituents is 1. The Kier molecular flexibility index (Phi) is 5.58. The van der Waals surface area contributed by atoms with Gasteiger partial charge in [0, 0.05) is 17.2 Å². The van der Waals surface area contributed by atoms with E-state index in [0.29, 0.717) is 18.5 Å². The van der Waals surface area contributed by atoms with Crippen molar-refractivity contribution in [2.75, 3.05) is 13.7 Å². The fraction of sp³-hybridized carbons (Fsp3) is 0.538. The second-order valence-electron chi connectivity index (χ2n) is 4.15. The van der Waals surface area contributed by atoms with E-state index in [-0.39, 0.29) is 10.6 Å². The highest BCUT2D eigenvalue weighted by atomic mass is 16.6. The van der Waals surface area contributed by atoms with Crippen LogP contribution in [0.15, 0.2) is 12.1 Å². The largest absolute Gasteiger partial charge is 0.496 e. The number of unbranched alkanes of at least 4 members (excludes halogenated alkanes) is 1. The number of ether oxygens (including phenoxy) is 1. The SMILES string of the molecule is CCc1cc(OC)c(CCCCN)cc1[N+](=O)[O-]. The Bertz CT molecular complexity index is 419. The molecule has 18 heavy (non-hydrogen) atoms. The van der Waals surface area contributed by atoms with Gasteiger partial charge in [0.15, 0.2) is 0 Å². The van der Waals surface area contributed by atoms with Gasteiger partial charge in [-0.25, -0.2) is 0 Å². The van der Waals surface area contributed by atoms with Crippen molar-refractivity contribution in [3.8, 4) is 5.75 Å². The molecule has 0 spiro atoms. The Morgan fingerprint density at radius 3 is 2.56 bits per heavy atom. The molecule has 0 heterocycles. The van der Waals surface area contributed by atoms with Crippen LogP contribution < -0.4 is 10.5 Å². The molecule has 0 radical (unpaired) electrons. The van der Waals surface area contributed by atoms with Crippen LogP contribution in [0.25, 0.3) is 0 Å². The molecule has 2 N–H and O–H groups in total. The maximum Gasteiger partial charge on any atom is 0.273 e. The van der Waals surface area contributed by atoms with Crippen molar-refractivity contribution >= 4 is 5.69 Å². The lowest BCUT2D eigenvalue weighted by Crippen LogP contribution is -2.02. The molecule has 0 unspecified atom stereocenters. The van der Waals surface area contributed by atoms with E-state index < -0.39 is 0 Å².